The standard InChI is InChI=1S/C22H19N3O6/c1-2-22(31-18(27)8-23)15-7-17-19-12(5-11-6-13(26)3-4-16(11)24-19)9-25(17)20(28)14(15)10-30-21(22)29/h3-7,26H,2,8-10,23H2,1H3/t22-/m0/s1. The lowest BCUT2D eigenvalue weighted by molar-refractivity contribution is -0.188. The Labute approximate surface area is 176 Å². The summed E-state index contributed by atoms with van der Waals surface area (Å²) in [5.41, 5.74) is 6.52. The van der Waals surface area contributed by atoms with Crippen molar-refractivity contribution in [2.75, 3.05) is 6.54 Å². The molecule has 0 bridgehead atoms. The molecule has 0 unspecified atom stereocenters. The fraction of sp³-hybridized carbons (Fsp3) is 0.273. The molecular weight excluding hydrogens is 402 g/mol. The van der Waals surface area contributed by atoms with Crippen molar-refractivity contribution in [3.8, 4) is 17.1 Å². The molecule has 31 heavy (non-hydrogen) atoms. The number of esters is 2. The van der Waals surface area contributed by atoms with Crippen molar-refractivity contribution in [3.63, 3.8) is 0 Å². The summed E-state index contributed by atoms with van der Waals surface area (Å²) in [6, 6.07) is 8.42. The third-order valence-corrected chi connectivity index (χ3v) is 5.91. The minimum atomic E-state index is -1.73. The number of pyridine rings is 2. The van der Waals surface area contributed by atoms with Gasteiger partial charge < -0.3 is 24.9 Å². The van der Waals surface area contributed by atoms with Crippen molar-refractivity contribution in [2.24, 2.45) is 5.73 Å². The van der Waals surface area contributed by atoms with Crippen LogP contribution in [0.15, 0.2) is 35.1 Å². The van der Waals surface area contributed by atoms with E-state index in [0.29, 0.717) is 29.0 Å². The van der Waals surface area contributed by atoms with Crippen LogP contribution in [0.1, 0.15) is 30.0 Å². The van der Waals surface area contributed by atoms with E-state index in [1.807, 2.05) is 6.07 Å². The number of benzene rings is 1. The zero-order valence-electron chi connectivity index (χ0n) is 16.7. The molecule has 0 fully saturated rings. The molecule has 0 radical (unpaired) electrons. The third kappa shape index (κ3) is 2.66. The minimum Gasteiger partial charge on any atom is -0.508 e. The molecule has 0 spiro atoms. The average Bonchev–Trinajstić information content (AvgIpc) is 3.12. The number of aromatic hydroxyl groups is 1. The molecule has 5 rings (SSSR count). The first-order valence-electron chi connectivity index (χ1n) is 9.87. The van der Waals surface area contributed by atoms with Crippen LogP contribution < -0.4 is 11.3 Å². The van der Waals surface area contributed by atoms with Gasteiger partial charge in [0.05, 0.1) is 35.6 Å². The number of phenolic OH excluding ortho intramolecular Hbond substituents is 1. The summed E-state index contributed by atoms with van der Waals surface area (Å²) >= 11 is 0. The molecule has 0 saturated heterocycles. The molecular formula is C22H19N3O6. The number of hydrogen-bond donors (Lipinski definition) is 2. The van der Waals surface area contributed by atoms with Gasteiger partial charge in [-0.05, 0) is 36.8 Å². The van der Waals surface area contributed by atoms with Gasteiger partial charge in [0, 0.05) is 16.5 Å². The van der Waals surface area contributed by atoms with Crippen LogP contribution >= 0.6 is 0 Å². The van der Waals surface area contributed by atoms with Crippen LogP contribution in [0.2, 0.25) is 0 Å². The first kappa shape index (κ1) is 19.3. The fourth-order valence-electron chi connectivity index (χ4n) is 4.37. The van der Waals surface area contributed by atoms with Crippen molar-refractivity contribution in [1.82, 2.24) is 9.55 Å². The van der Waals surface area contributed by atoms with E-state index in [2.05, 4.69) is 4.98 Å². The predicted octanol–water partition coefficient (Wildman–Crippen LogP) is 1.29. The number of cyclic esters (lactones) is 1. The monoisotopic (exact) mass is 421 g/mol. The number of ether oxygens (including phenoxy) is 2. The Kier molecular flexibility index (Phi) is 4.13. The molecule has 2 aromatic heterocycles. The lowest BCUT2D eigenvalue weighted by atomic mass is 9.85. The Morgan fingerprint density at radius 1 is 1.32 bits per heavy atom. The predicted molar refractivity (Wildman–Crippen MR) is 109 cm³/mol. The Morgan fingerprint density at radius 3 is 2.87 bits per heavy atom. The number of aromatic nitrogens is 2. The summed E-state index contributed by atoms with van der Waals surface area (Å²) in [6.45, 7) is 1.37. The number of carbonyl (C=O) groups excluding carboxylic acids is 2. The molecule has 158 valence electrons. The first-order valence-corrected chi connectivity index (χ1v) is 9.87. The summed E-state index contributed by atoms with van der Waals surface area (Å²) in [5, 5.41) is 10.5. The van der Waals surface area contributed by atoms with Crippen LogP contribution in [0.25, 0.3) is 22.3 Å². The van der Waals surface area contributed by atoms with Crippen molar-refractivity contribution < 1.29 is 24.2 Å². The van der Waals surface area contributed by atoms with E-state index in [0.717, 1.165) is 10.9 Å². The molecule has 9 heteroatoms. The van der Waals surface area contributed by atoms with E-state index in [9.17, 15) is 19.5 Å². The summed E-state index contributed by atoms with van der Waals surface area (Å²) in [6.07, 6.45) is 0.0880. The van der Waals surface area contributed by atoms with Gasteiger partial charge in [-0.1, -0.05) is 6.92 Å². The van der Waals surface area contributed by atoms with E-state index in [-0.39, 0.29) is 29.9 Å². The highest BCUT2D eigenvalue weighted by molar-refractivity contribution is 5.88. The minimum absolute atomic E-state index is 0.0880. The molecule has 0 amide bonds. The van der Waals surface area contributed by atoms with E-state index < -0.39 is 24.1 Å². The van der Waals surface area contributed by atoms with Crippen LogP contribution in [-0.4, -0.2) is 33.1 Å². The normalized spacial score (nSPS) is 18.8. The molecule has 0 aliphatic carbocycles. The zero-order valence-corrected chi connectivity index (χ0v) is 16.7. The van der Waals surface area contributed by atoms with Crippen LogP contribution in [-0.2, 0) is 37.8 Å². The highest BCUT2D eigenvalue weighted by atomic mass is 16.6. The van der Waals surface area contributed by atoms with Crippen molar-refractivity contribution >= 4 is 22.8 Å². The second kappa shape index (κ2) is 6.64. The molecule has 1 atom stereocenters. The smallest absolute Gasteiger partial charge is 0.355 e. The topological polar surface area (TPSA) is 134 Å². The number of fused-ring (bicyclic) bond motifs is 5. The Balaban J connectivity index is 1.76. The number of rotatable bonds is 3. The van der Waals surface area contributed by atoms with Crippen molar-refractivity contribution in [1.29, 1.82) is 0 Å². The van der Waals surface area contributed by atoms with Gasteiger partial charge in [-0.25, -0.2) is 9.78 Å². The van der Waals surface area contributed by atoms with Gasteiger partial charge in [0.2, 0.25) is 5.60 Å². The third-order valence-electron chi connectivity index (χ3n) is 5.91. The van der Waals surface area contributed by atoms with Gasteiger partial charge in [-0.15, -0.1) is 0 Å². The van der Waals surface area contributed by atoms with Crippen molar-refractivity contribution in [3.05, 3.63) is 57.4 Å². The first-order chi connectivity index (χ1) is 14.9. The second-order valence-electron chi connectivity index (χ2n) is 7.62. The molecule has 3 aromatic rings. The quantitative estimate of drug-likeness (QED) is 0.473. The van der Waals surface area contributed by atoms with Gasteiger partial charge in [0.15, 0.2) is 0 Å². The van der Waals surface area contributed by atoms with Crippen molar-refractivity contribution in [2.45, 2.75) is 32.1 Å². The van der Waals surface area contributed by atoms with Gasteiger partial charge in [0.25, 0.3) is 5.56 Å². The number of nitrogens with two attached hydrogens (primary N) is 1. The van der Waals surface area contributed by atoms with E-state index in [1.165, 1.54) is 0 Å². The number of carbonyl (C=O) groups is 2. The lowest BCUT2D eigenvalue weighted by Crippen LogP contribution is -2.48. The molecule has 0 saturated carbocycles. The number of nitrogens with zero attached hydrogens (tertiary/aromatic N) is 2. The van der Waals surface area contributed by atoms with E-state index in [4.69, 9.17) is 15.2 Å². The van der Waals surface area contributed by atoms with E-state index >= 15 is 0 Å². The summed E-state index contributed by atoms with van der Waals surface area (Å²) in [4.78, 5) is 42.8. The summed E-state index contributed by atoms with van der Waals surface area (Å²) in [5.74, 6) is -1.37. The molecule has 3 N–H and O–H groups in total. The maximum Gasteiger partial charge on any atom is 0.355 e. The number of hydrogen-bond acceptors (Lipinski definition) is 8. The SMILES string of the molecule is CC[C@@]1(OC(=O)CN)C(=O)OCc2c1cc1n(c2=O)Cc2cc3cc(O)ccc3nc2-1. The largest absolute Gasteiger partial charge is 0.508 e. The molecule has 1 aromatic carbocycles. The van der Waals surface area contributed by atoms with Gasteiger partial charge in [0.1, 0.15) is 12.4 Å². The lowest BCUT2D eigenvalue weighted by Gasteiger charge is -2.35. The highest BCUT2D eigenvalue weighted by Gasteiger charge is 2.50. The molecule has 2 aliphatic rings. The van der Waals surface area contributed by atoms with Gasteiger partial charge in [-0.3, -0.25) is 9.59 Å². The van der Waals surface area contributed by atoms with Gasteiger partial charge >= 0.3 is 11.9 Å². The zero-order chi connectivity index (χ0) is 21.9. The maximum atomic E-state index is 13.3. The van der Waals surface area contributed by atoms with Crippen LogP contribution in [0.5, 0.6) is 5.75 Å². The summed E-state index contributed by atoms with van der Waals surface area (Å²) in [7, 11) is 0. The highest BCUT2D eigenvalue weighted by Crippen LogP contribution is 2.41. The second-order valence-corrected chi connectivity index (χ2v) is 7.62. The summed E-state index contributed by atoms with van der Waals surface area (Å²) < 4.78 is 12.3. The Morgan fingerprint density at radius 2 is 2.13 bits per heavy atom. The fourth-order valence-corrected chi connectivity index (χ4v) is 4.37. The Hall–Kier alpha value is -3.72. The average molecular weight is 421 g/mol. The Bertz CT molecular complexity index is 1350. The van der Waals surface area contributed by atoms with Crippen LogP contribution in [0, 0.1) is 0 Å². The van der Waals surface area contributed by atoms with E-state index in [1.54, 1.807) is 35.8 Å². The molecule has 2 aliphatic heterocycles. The van der Waals surface area contributed by atoms with Gasteiger partial charge in [-0.2, -0.15) is 0 Å². The molecule has 9 nitrogen and oxygen atoms in total. The molecule has 4 heterocycles. The van der Waals surface area contributed by atoms with Crippen LogP contribution in [0.4, 0.5) is 0 Å². The number of phenols is 1. The van der Waals surface area contributed by atoms with Crippen LogP contribution in [0.3, 0.4) is 0 Å². The maximum absolute atomic E-state index is 13.3.